The zero-order chi connectivity index (χ0) is 20.9. The van der Waals surface area contributed by atoms with E-state index in [-0.39, 0.29) is 11.7 Å². The lowest BCUT2D eigenvalue weighted by Crippen LogP contribution is -2.14. The number of amides is 1. The van der Waals surface area contributed by atoms with Crippen LogP contribution in [0, 0.1) is 11.3 Å². The normalized spacial score (nSPS) is 10.5. The molecule has 0 unspecified atom stereocenters. The van der Waals surface area contributed by atoms with Gasteiger partial charge in [0, 0.05) is 22.0 Å². The van der Waals surface area contributed by atoms with E-state index < -0.39 is 0 Å². The molecule has 7 heteroatoms. The molecule has 0 aliphatic rings. The minimum Gasteiger partial charge on any atom is -0.325 e. The second-order valence-electron chi connectivity index (χ2n) is 6.41. The van der Waals surface area contributed by atoms with Gasteiger partial charge in [-0.05, 0) is 18.2 Å². The first-order chi connectivity index (χ1) is 14.7. The summed E-state index contributed by atoms with van der Waals surface area (Å²) < 4.78 is 0. The number of nitrogens with zero attached hydrogens (tertiary/aromatic N) is 3. The van der Waals surface area contributed by atoms with Crippen molar-refractivity contribution < 1.29 is 4.79 Å². The molecule has 146 valence electrons. The van der Waals surface area contributed by atoms with Crippen molar-refractivity contribution in [1.82, 2.24) is 10.2 Å². The Kier molecular flexibility index (Phi) is 5.94. The molecule has 0 radical (unpaired) electrons. The summed E-state index contributed by atoms with van der Waals surface area (Å²) in [6.07, 6.45) is 0. The first kappa shape index (κ1) is 19.9. The number of thioether (sulfide) groups is 1. The minimum absolute atomic E-state index is 0.168. The minimum atomic E-state index is -0.196. The maximum Gasteiger partial charge on any atom is 0.234 e. The number of carbonyl (C=O) groups excluding carboxylic acids is 1. The first-order valence-corrected chi connectivity index (χ1v) is 10.4. The summed E-state index contributed by atoms with van der Waals surface area (Å²) in [6.45, 7) is 0. The van der Waals surface area contributed by atoms with Crippen molar-refractivity contribution in [3.8, 4) is 17.3 Å². The molecule has 1 amide bonds. The Labute approximate surface area is 182 Å². The van der Waals surface area contributed by atoms with Gasteiger partial charge in [-0.3, -0.25) is 4.79 Å². The summed E-state index contributed by atoms with van der Waals surface area (Å²) in [5.74, 6) is -0.0279. The average molecular weight is 431 g/mol. The number of anilines is 1. The topological polar surface area (TPSA) is 78.7 Å². The van der Waals surface area contributed by atoms with Crippen LogP contribution in [0.5, 0.6) is 0 Å². The number of fused-ring (bicyclic) bond motifs is 1. The van der Waals surface area contributed by atoms with Crippen LogP contribution in [0.4, 0.5) is 5.69 Å². The quantitative estimate of drug-likeness (QED) is 0.420. The van der Waals surface area contributed by atoms with Crippen molar-refractivity contribution in [1.29, 1.82) is 5.26 Å². The Morgan fingerprint density at radius 2 is 1.73 bits per heavy atom. The number of hydrogen-bond donors (Lipinski definition) is 1. The van der Waals surface area contributed by atoms with Gasteiger partial charge in [0.25, 0.3) is 0 Å². The third kappa shape index (κ3) is 4.28. The molecule has 0 aliphatic carbocycles. The molecule has 0 bridgehead atoms. The number of hydrogen-bond acceptors (Lipinski definition) is 5. The number of carbonyl (C=O) groups is 1. The zero-order valence-electron chi connectivity index (χ0n) is 15.7. The molecule has 4 rings (SSSR count). The Morgan fingerprint density at radius 3 is 2.47 bits per heavy atom. The lowest BCUT2D eigenvalue weighted by molar-refractivity contribution is -0.113. The van der Waals surface area contributed by atoms with Crippen molar-refractivity contribution in [2.24, 2.45) is 0 Å². The maximum absolute atomic E-state index is 12.4. The van der Waals surface area contributed by atoms with Crippen LogP contribution >= 0.6 is 23.4 Å². The third-order valence-electron chi connectivity index (χ3n) is 4.41. The second kappa shape index (κ2) is 8.95. The van der Waals surface area contributed by atoms with Gasteiger partial charge in [0.1, 0.15) is 16.8 Å². The van der Waals surface area contributed by atoms with Crippen LogP contribution in [0.2, 0.25) is 5.02 Å². The Balaban J connectivity index is 1.53. The molecule has 0 saturated heterocycles. The van der Waals surface area contributed by atoms with Crippen LogP contribution in [-0.2, 0) is 4.79 Å². The molecule has 0 aliphatic heterocycles. The van der Waals surface area contributed by atoms with Gasteiger partial charge in [-0.1, -0.05) is 78.0 Å². The Hall–Kier alpha value is -3.40. The summed E-state index contributed by atoms with van der Waals surface area (Å²) in [5.41, 5.74) is 2.71. The van der Waals surface area contributed by atoms with Gasteiger partial charge in [0.15, 0.2) is 0 Å². The predicted octanol–water partition coefficient (Wildman–Crippen LogP) is 5.55. The monoisotopic (exact) mass is 430 g/mol. The van der Waals surface area contributed by atoms with Crippen molar-refractivity contribution >= 4 is 45.7 Å². The summed E-state index contributed by atoms with van der Waals surface area (Å²) in [4.78, 5) is 12.4. The summed E-state index contributed by atoms with van der Waals surface area (Å²) in [5, 5.41) is 23.5. The highest BCUT2D eigenvalue weighted by Gasteiger charge is 2.13. The zero-order valence-corrected chi connectivity index (χ0v) is 17.2. The molecular weight excluding hydrogens is 416 g/mol. The van der Waals surface area contributed by atoms with Gasteiger partial charge in [-0.2, -0.15) is 5.26 Å². The molecule has 1 heterocycles. The largest absolute Gasteiger partial charge is 0.325 e. The van der Waals surface area contributed by atoms with E-state index in [2.05, 4.69) is 15.5 Å². The van der Waals surface area contributed by atoms with Crippen LogP contribution in [0.25, 0.3) is 22.0 Å². The fourth-order valence-electron chi connectivity index (χ4n) is 3.01. The van der Waals surface area contributed by atoms with Crippen molar-refractivity contribution in [3.63, 3.8) is 0 Å². The number of halogens is 1. The highest BCUT2D eigenvalue weighted by atomic mass is 35.5. The Bertz CT molecular complexity index is 1270. The second-order valence-corrected chi connectivity index (χ2v) is 7.78. The number of rotatable bonds is 5. The van der Waals surface area contributed by atoms with Crippen molar-refractivity contribution in [2.75, 3.05) is 11.1 Å². The van der Waals surface area contributed by atoms with E-state index in [1.54, 1.807) is 18.2 Å². The molecule has 0 spiro atoms. The molecule has 4 aromatic rings. The van der Waals surface area contributed by atoms with Gasteiger partial charge < -0.3 is 5.32 Å². The molecule has 3 aromatic carbocycles. The number of nitriles is 1. The molecule has 1 aromatic heterocycles. The third-order valence-corrected chi connectivity index (χ3v) is 5.71. The van der Waals surface area contributed by atoms with Crippen LogP contribution in [0.3, 0.4) is 0 Å². The van der Waals surface area contributed by atoms with Gasteiger partial charge in [-0.15, -0.1) is 10.2 Å². The highest BCUT2D eigenvalue weighted by molar-refractivity contribution is 8.00. The van der Waals surface area contributed by atoms with E-state index in [0.29, 0.717) is 21.3 Å². The molecule has 1 N–H and O–H groups in total. The first-order valence-electron chi connectivity index (χ1n) is 9.09. The highest BCUT2D eigenvalue weighted by Crippen LogP contribution is 2.31. The van der Waals surface area contributed by atoms with Crippen LogP contribution in [0.1, 0.15) is 5.56 Å². The SMILES string of the molecule is N#Cc1ccc(NC(=O)CSc2nnc(-c3ccccc3)c3ccccc23)cc1Cl. The van der Waals surface area contributed by atoms with Gasteiger partial charge in [0.05, 0.1) is 16.3 Å². The molecule has 5 nitrogen and oxygen atoms in total. The average Bonchev–Trinajstić information content (AvgIpc) is 2.78. The number of aromatic nitrogens is 2. The van der Waals surface area contributed by atoms with E-state index in [1.165, 1.54) is 11.8 Å². The van der Waals surface area contributed by atoms with Gasteiger partial charge in [0.2, 0.25) is 5.91 Å². The molecule has 0 fully saturated rings. The number of nitrogens with one attached hydrogen (secondary N) is 1. The molecule has 0 atom stereocenters. The lowest BCUT2D eigenvalue weighted by Gasteiger charge is -2.10. The van der Waals surface area contributed by atoms with E-state index in [1.807, 2.05) is 60.7 Å². The summed E-state index contributed by atoms with van der Waals surface area (Å²) in [7, 11) is 0. The molecule has 0 saturated carbocycles. The molecular formula is C23H15ClN4OS. The van der Waals surface area contributed by atoms with Crippen LogP contribution in [0.15, 0.2) is 77.8 Å². The van der Waals surface area contributed by atoms with Gasteiger partial charge >= 0.3 is 0 Å². The van der Waals surface area contributed by atoms with Crippen molar-refractivity contribution in [2.45, 2.75) is 5.03 Å². The lowest BCUT2D eigenvalue weighted by atomic mass is 10.1. The van der Waals surface area contributed by atoms with Crippen LogP contribution < -0.4 is 5.32 Å². The maximum atomic E-state index is 12.4. The summed E-state index contributed by atoms with van der Waals surface area (Å²) in [6, 6.07) is 24.6. The smallest absolute Gasteiger partial charge is 0.234 e. The fraction of sp³-hybridized carbons (Fsp3) is 0.0435. The van der Waals surface area contributed by atoms with E-state index in [4.69, 9.17) is 16.9 Å². The fourth-order valence-corrected chi connectivity index (χ4v) is 4.00. The Morgan fingerprint density at radius 1 is 1.00 bits per heavy atom. The van der Waals surface area contributed by atoms with Crippen LogP contribution in [-0.4, -0.2) is 21.9 Å². The standard InChI is InChI=1S/C23H15ClN4OS/c24-20-12-17(11-10-16(20)13-25)26-21(29)14-30-23-19-9-5-4-8-18(19)22(27-28-23)15-6-2-1-3-7-15/h1-12H,14H2,(H,26,29). The molecule has 30 heavy (non-hydrogen) atoms. The van der Waals surface area contributed by atoms with Gasteiger partial charge in [-0.25, -0.2) is 0 Å². The van der Waals surface area contributed by atoms with Crippen molar-refractivity contribution in [3.05, 3.63) is 83.4 Å². The summed E-state index contributed by atoms with van der Waals surface area (Å²) >= 11 is 7.34. The van der Waals surface area contributed by atoms with E-state index in [9.17, 15) is 4.79 Å². The van der Waals surface area contributed by atoms with E-state index >= 15 is 0 Å². The number of benzene rings is 3. The van der Waals surface area contributed by atoms with E-state index in [0.717, 1.165) is 22.0 Å². The predicted molar refractivity (Wildman–Crippen MR) is 120 cm³/mol.